The molecule has 4 heteroatoms. The highest BCUT2D eigenvalue weighted by Gasteiger charge is 2.24. The Kier molecular flexibility index (Phi) is 4.40. The van der Waals surface area contributed by atoms with Crippen LogP contribution in [0.2, 0.25) is 0 Å². The fourth-order valence-corrected chi connectivity index (χ4v) is 3.00. The minimum absolute atomic E-state index is 0.324. The fourth-order valence-electron chi connectivity index (χ4n) is 3.00. The quantitative estimate of drug-likeness (QED) is 0.859. The van der Waals surface area contributed by atoms with E-state index in [0.717, 1.165) is 38.9 Å². The number of nitrogens with zero attached hydrogens (tertiary/aromatic N) is 3. The molecule has 102 valence electrons. The maximum atomic E-state index is 9.21. The zero-order chi connectivity index (χ0) is 13.1. The first-order valence-corrected chi connectivity index (χ1v) is 7.06. The third-order valence-corrected chi connectivity index (χ3v) is 4.04. The van der Waals surface area contributed by atoms with Crippen LogP contribution in [0.1, 0.15) is 37.2 Å². The molecule has 1 unspecified atom stereocenters. The van der Waals surface area contributed by atoms with Crippen molar-refractivity contribution in [3.63, 3.8) is 0 Å². The summed E-state index contributed by atoms with van der Waals surface area (Å²) in [6.07, 6.45) is 3.16. The van der Waals surface area contributed by atoms with E-state index in [0.29, 0.717) is 12.5 Å². The predicted octanol–water partition coefficient (Wildman–Crippen LogP) is 1.36. The number of aromatic nitrogens is 2. The van der Waals surface area contributed by atoms with Crippen molar-refractivity contribution in [2.24, 2.45) is 13.0 Å². The van der Waals surface area contributed by atoms with E-state index in [1.54, 1.807) is 0 Å². The molecule has 1 aromatic heterocycles. The summed E-state index contributed by atoms with van der Waals surface area (Å²) in [6.45, 7) is 7.82. The summed E-state index contributed by atoms with van der Waals surface area (Å²) in [6, 6.07) is 0. The molecule has 1 aromatic rings. The van der Waals surface area contributed by atoms with E-state index in [4.69, 9.17) is 0 Å². The maximum Gasteiger partial charge on any atom is 0.0669 e. The number of aliphatic hydroxyl groups is 1. The number of aliphatic hydroxyl groups excluding tert-OH is 1. The van der Waals surface area contributed by atoms with Gasteiger partial charge in [0.1, 0.15) is 0 Å². The molecule has 18 heavy (non-hydrogen) atoms. The summed E-state index contributed by atoms with van der Waals surface area (Å²) in [4.78, 5) is 2.45. The highest BCUT2D eigenvalue weighted by Crippen LogP contribution is 2.22. The molecule has 1 atom stereocenters. The van der Waals surface area contributed by atoms with Gasteiger partial charge in [0.05, 0.1) is 5.69 Å². The molecule has 1 aliphatic heterocycles. The molecule has 1 aliphatic rings. The lowest BCUT2D eigenvalue weighted by Crippen LogP contribution is -2.22. The lowest BCUT2D eigenvalue weighted by Gasteiger charge is -2.16. The molecular formula is C14H25N3O. The minimum atomic E-state index is 0.324. The molecule has 2 heterocycles. The standard InChI is InChI=1S/C14H25N3O/c1-4-13-12(14(5-2)16(3)15-13)9-17-7-6-11(8-17)10-18/h11,18H,4-10H2,1-3H3. The summed E-state index contributed by atoms with van der Waals surface area (Å²) in [5.74, 6) is 0.469. The van der Waals surface area contributed by atoms with Crippen molar-refractivity contribution in [1.82, 2.24) is 14.7 Å². The molecule has 1 fully saturated rings. The summed E-state index contributed by atoms with van der Waals surface area (Å²) in [7, 11) is 2.04. The molecule has 0 amide bonds. The monoisotopic (exact) mass is 251 g/mol. The van der Waals surface area contributed by atoms with Gasteiger partial charge in [0, 0.05) is 38.0 Å². The van der Waals surface area contributed by atoms with Crippen LogP contribution < -0.4 is 0 Å². The number of rotatable bonds is 5. The molecule has 4 nitrogen and oxygen atoms in total. The average Bonchev–Trinajstić information content (AvgIpc) is 2.94. The zero-order valence-corrected chi connectivity index (χ0v) is 11.8. The first-order valence-electron chi connectivity index (χ1n) is 7.06. The van der Waals surface area contributed by atoms with Crippen LogP contribution in [-0.2, 0) is 26.4 Å². The molecule has 0 radical (unpaired) electrons. The van der Waals surface area contributed by atoms with Crippen LogP contribution >= 0.6 is 0 Å². The van der Waals surface area contributed by atoms with E-state index in [2.05, 4.69) is 23.8 Å². The van der Waals surface area contributed by atoms with Crippen LogP contribution in [0.3, 0.4) is 0 Å². The van der Waals surface area contributed by atoms with Gasteiger partial charge in [0.2, 0.25) is 0 Å². The normalized spacial score (nSPS) is 20.8. The largest absolute Gasteiger partial charge is 0.396 e. The highest BCUT2D eigenvalue weighted by atomic mass is 16.3. The van der Waals surface area contributed by atoms with Crippen molar-refractivity contribution < 1.29 is 5.11 Å². The zero-order valence-electron chi connectivity index (χ0n) is 11.8. The predicted molar refractivity (Wildman–Crippen MR) is 72.4 cm³/mol. The van der Waals surface area contributed by atoms with Gasteiger partial charge in [-0.15, -0.1) is 0 Å². The van der Waals surface area contributed by atoms with Crippen molar-refractivity contribution in [2.45, 2.75) is 39.7 Å². The van der Waals surface area contributed by atoms with Crippen molar-refractivity contribution >= 4 is 0 Å². The lowest BCUT2D eigenvalue weighted by molar-refractivity contribution is 0.220. The van der Waals surface area contributed by atoms with Crippen LogP contribution in [0.25, 0.3) is 0 Å². The van der Waals surface area contributed by atoms with Crippen LogP contribution in [0.4, 0.5) is 0 Å². The molecule has 0 aliphatic carbocycles. The van der Waals surface area contributed by atoms with Gasteiger partial charge >= 0.3 is 0 Å². The van der Waals surface area contributed by atoms with Gasteiger partial charge in [0.15, 0.2) is 0 Å². The van der Waals surface area contributed by atoms with Crippen LogP contribution in [0, 0.1) is 5.92 Å². The van der Waals surface area contributed by atoms with Crippen molar-refractivity contribution in [3.8, 4) is 0 Å². The van der Waals surface area contributed by atoms with E-state index in [-0.39, 0.29) is 0 Å². The first kappa shape index (κ1) is 13.6. The second kappa shape index (κ2) is 5.85. The van der Waals surface area contributed by atoms with Gasteiger partial charge in [-0.25, -0.2) is 0 Å². The molecule has 1 N–H and O–H groups in total. The molecular weight excluding hydrogens is 226 g/mol. The molecule has 0 aromatic carbocycles. The molecule has 1 saturated heterocycles. The van der Waals surface area contributed by atoms with Crippen molar-refractivity contribution in [1.29, 1.82) is 0 Å². The van der Waals surface area contributed by atoms with Crippen molar-refractivity contribution in [3.05, 3.63) is 17.0 Å². The van der Waals surface area contributed by atoms with Crippen molar-refractivity contribution in [2.75, 3.05) is 19.7 Å². The second-order valence-electron chi connectivity index (χ2n) is 5.28. The number of hydrogen-bond donors (Lipinski definition) is 1. The molecule has 0 saturated carbocycles. The van der Waals surface area contributed by atoms with E-state index in [9.17, 15) is 5.11 Å². The summed E-state index contributed by atoms with van der Waals surface area (Å²) < 4.78 is 2.04. The Morgan fingerprint density at radius 2 is 2.11 bits per heavy atom. The Bertz CT molecular complexity index is 400. The van der Waals surface area contributed by atoms with Gasteiger partial charge < -0.3 is 5.11 Å². The number of likely N-dealkylation sites (tertiary alicyclic amines) is 1. The summed E-state index contributed by atoms with van der Waals surface area (Å²) in [5.41, 5.74) is 4.02. The Morgan fingerprint density at radius 1 is 1.33 bits per heavy atom. The Balaban J connectivity index is 2.13. The summed E-state index contributed by atoms with van der Waals surface area (Å²) >= 11 is 0. The van der Waals surface area contributed by atoms with Gasteiger partial charge in [-0.3, -0.25) is 9.58 Å². The summed E-state index contributed by atoms with van der Waals surface area (Å²) in [5, 5.41) is 13.8. The average molecular weight is 251 g/mol. The van der Waals surface area contributed by atoms with Gasteiger partial charge in [-0.2, -0.15) is 5.10 Å². The van der Waals surface area contributed by atoms with E-state index in [1.165, 1.54) is 17.0 Å². The molecule has 2 rings (SSSR count). The molecule has 0 bridgehead atoms. The third kappa shape index (κ3) is 2.59. The second-order valence-corrected chi connectivity index (χ2v) is 5.28. The van der Waals surface area contributed by atoms with E-state index in [1.807, 2.05) is 11.7 Å². The van der Waals surface area contributed by atoms with E-state index >= 15 is 0 Å². The maximum absolute atomic E-state index is 9.21. The lowest BCUT2D eigenvalue weighted by atomic mass is 10.1. The fraction of sp³-hybridized carbons (Fsp3) is 0.786. The third-order valence-electron chi connectivity index (χ3n) is 4.04. The Labute approximate surface area is 110 Å². The topological polar surface area (TPSA) is 41.3 Å². The minimum Gasteiger partial charge on any atom is -0.396 e. The van der Waals surface area contributed by atoms with Crippen LogP contribution in [0.5, 0.6) is 0 Å². The van der Waals surface area contributed by atoms with Gasteiger partial charge in [0.25, 0.3) is 0 Å². The highest BCUT2D eigenvalue weighted by molar-refractivity contribution is 5.26. The number of aryl methyl sites for hydroxylation is 2. The number of hydrogen-bond acceptors (Lipinski definition) is 3. The molecule has 0 spiro atoms. The SMILES string of the molecule is CCc1nn(C)c(CC)c1CN1CCC(CO)C1. The van der Waals surface area contributed by atoms with E-state index < -0.39 is 0 Å². The van der Waals surface area contributed by atoms with Gasteiger partial charge in [-0.05, 0) is 31.7 Å². The Morgan fingerprint density at radius 3 is 2.67 bits per heavy atom. The van der Waals surface area contributed by atoms with Gasteiger partial charge in [-0.1, -0.05) is 13.8 Å². The Hall–Kier alpha value is -0.870. The first-order chi connectivity index (χ1) is 8.69. The van der Waals surface area contributed by atoms with Crippen LogP contribution in [-0.4, -0.2) is 39.5 Å². The smallest absolute Gasteiger partial charge is 0.0669 e. The van der Waals surface area contributed by atoms with Crippen LogP contribution in [0.15, 0.2) is 0 Å².